The van der Waals surface area contributed by atoms with Crippen LogP contribution in [-0.4, -0.2) is 24.3 Å². The molecule has 1 atom stereocenters. The first-order valence-corrected chi connectivity index (χ1v) is 6.52. The molecule has 2 rings (SSSR count). The van der Waals surface area contributed by atoms with E-state index >= 15 is 0 Å². The van der Waals surface area contributed by atoms with E-state index in [-0.39, 0.29) is 17.7 Å². The van der Waals surface area contributed by atoms with Crippen LogP contribution in [0, 0.1) is 0 Å². The summed E-state index contributed by atoms with van der Waals surface area (Å²) < 4.78 is 5.58. The summed E-state index contributed by atoms with van der Waals surface area (Å²) in [4.78, 5) is 11.9. The van der Waals surface area contributed by atoms with Crippen molar-refractivity contribution in [2.75, 3.05) is 11.9 Å². The Morgan fingerprint density at radius 2 is 2.11 bits per heavy atom. The number of nitrogens with two attached hydrogens (primary N) is 1. The van der Waals surface area contributed by atoms with Gasteiger partial charge in [-0.15, -0.1) is 0 Å². The predicted molar refractivity (Wildman–Crippen MR) is 74.9 cm³/mol. The van der Waals surface area contributed by atoms with Crippen molar-refractivity contribution in [1.29, 1.82) is 0 Å². The summed E-state index contributed by atoms with van der Waals surface area (Å²) in [5.74, 6) is 0. The van der Waals surface area contributed by atoms with Crippen molar-refractivity contribution >= 4 is 11.7 Å². The van der Waals surface area contributed by atoms with Crippen molar-refractivity contribution in [3.05, 3.63) is 29.8 Å². The molecule has 1 aliphatic rings. The zero-order chi connectivity index (χ0) is 13.9. The Labute approximate surface area is 113 Å². The number of nitrogens with one attached hydrogen (secondary N) is 2. The summed E-state index contributed by atoms with van der Waals surface area (Å²) in [6, 6.07) is 7.33. The van der Waals surface area contributed by atoms with E-state index in [0.717, 1.165) is 17.7 Å². The number of rotatable bonds is 3. The van der Waals surface area contributed by atoms with Crippen LogP contribution < -0.4 is 16.4 Å². The average Bonchev–Trinajstić information content (AvgIpc) is 2.69. The number of anilines is 1. The summed E-state index contributed by atoms with van der Waals surface area (Å²) in [5, 5.41) is 5.76. The fraction of sp³-hybridized carbons (Fsp3) is 0.500. The Kier molecular flexibility index (Phi) is 4.07. The molecule has 0 aromatic heterocycles. The number of carbonyl (C=O) groups excluding carboxylic acids is 1. The molecule has 4 N–H and O–H groups in total. The SMILES string of the molecule is CC1(C)OCCC1NC(=O)Nc1ccc(CN)cc1. The number of ether oxygens (including phenoxy) is 1. The highest BCUT2D eigenvalue weighted by Gasteiger charge is 2.36. The maximum Gasteiger partial charge on any atom is 0.319 e. The molecule has 1 aliphatic heterocycles. The van der Waals surface area contributed by atoms with Gasteiger partial charge in [-0.3, -0.25) is 0 Å². The molecule has 1 aromatic carbocycles. The average molecular weight is 263 g/mol. The molecule has 1 heterocycles. The monoisotopic (exact) mass is 263 g/mol. The van der Waals surface area contributed by atoms with Crippen molar-refractivity contribution in [1.82, 2.24) is 5.32 Å². The first kappa shape index (κ1) is 13.8. The van der Waals surface area contributed by atoms with Gasteiger partial charge in [-0.05, 0) is 38.0 Å². The second kappa shape index (κ2) is 5.59. The molecular formula is C14H21N3O2. The Morgan fingerprint density at radius 3 is 2.63 bits per heavy atom. The van der Waals surface area contributed by atoms with Gasteiger partial charge in [0.1, 0.15) is 0 Å². The lowest BCUT2D eigenvalue weighted by Crippen LogP contribution is -2.47. The molecule has 0 radical (unpaired) electrons. The first-order valence-electron chi connectivity index (χ1n) is 6.52. The van der Waals surface area contributed by atoms with E-state index in [0.29, 0.717) is 13.2 Å². The molecule has 0 bridgehead atoms. The molecule has 19 heavy (non-hydrogen) atoms. The number of hydrogen-bond acceptors (Lipinski definition) is 3. The smallest absolute Gasteiger partial charge is 0.319 e. The van der Waals surface area contributed by atoms with Crippen molar-refractivity contribution in [3.63, 3.8) is 0 Å². The fourth-order valence-electron chi connectivity index (χ4n) is 2.18. The van der Waals surface area contributed by atoms with Crippen LogP contribution in [0.2, 0.25) is 0 Å². The second-order valence-corrected chi connectivity index (χ2v) is 5.29. The highest BCUT2D eigenvalue weighted by molar-refractivity contribution is 5.89. The van der Waals surface area contributed by atoms with E-state index in [2.05, 4.69) is 10.6 Å². The van der Waals surface area contributed by atoms with Gasteiger partial charge in [0.2, 0.25) is 0 Å². The number of hydrogen-bond donors (Lipinski definition) is 3. The standard InChI is InChI=1S/C14H21N3O2/c1-14(2)12(7-8-19-14)17-13(18)16-11-5-3-10(9-15)4-6-11/h3-6,12H,7-9,15H2,1-2H3,(H2,16,17,18). The van der Waals surface area contributed by atoms with Gasteiger partial charge in [-0.25, -0.2) is 4.79 Å². The highest BCUT2D eigenvalue weighted by atomic mass is 16.5. The Bertz CT molecular complexity index is 443. The summed E-state index contributed by atoms with van der Waals surface area (Å²) in [6.45, 7) is 5.16. The largest absolute Gasteiger partial charge is 0.373 e. The number of carbonyl (C=O) groups is 1. The van der Waals surface area contributed by atoms with Crippen LogP contribution in [0.5, 0.6) is 0 Å². The number of benzene rings is 1. The second-order valence-electron chi connectivity index (χ2n) is 5.29. The van der Waals surface area contributed by atoms with Crippen LogP contribution in [0.1, 0.15) is 25.8 Å². The van der Waals surface area contributed by atoms with Crippen LogP contribution in [0.3, 0.4) is 0 Å². The fourth-order valence-corrected chi connectivity index (χ4v) is 2.18. The molecule has 1 aromatic rings. The van der Waals surface area contributed by atoms with E-state index in [1.807, 2.05) is 38.1 Å². The van der Waals surface area contributed by atoms with Gasteiger partial charge >= 0.3 is 6.03 Å². The zero-order valence-electron chi connectivity index (χ0n) is 11.4. The van der Waals surface area contributed by atoms with Crippen molar-refractivity contribution in [3.8, 4) is 0 Å². The molecule has 1 saturated heterocycles. The predicted octanol–water partition coefficient (Wildman–Crippen LogP) is 1.83. The van der Waals surface area contributed by atoms with E-state index < -0.39 is 0 Å². The first-order chi connectivity index (χ1) is 9.01. The van der Waals surface area contributed by atoms with Gasteiger partial charge in [-0.1, -0.05) is 12.1 Å². The minimum Gasteiger partial charge on any atom is -0.373 e. The highest BCUT2D eigenvalue weighted by Crippen LogP contribution is 2.24. The molecular weight excluding hydrogens is 242 g/mol. The van der Waals surface area contributed by atoms with Crippen LogP contribution in [-0.2, 0) is 11.3 Å². The van der Waals surface area contributed by atoms with Crippen molar-refractivity contribution in [2.45, 2.75) is 38.5 Å². The molecule has 104 valence electrons. The number of amides is 2. The maximum atomic E-state index is 11.9. The lowest BCUT2D eigenvalue weighted by Gasteiger charge is -2.26. The van der Waals surface area contributed by atoms with E-state index in [4.69, 9.17) is 10.5 Å². The third kappa shape index (κ3) is 3.45. The van der Waals surface area contributed by atoms with Crippen LogP contribution in [0.25, 0.3) is 0 Å². The minimum atomic E-state index is -0.305. The van der Waals surface area contributed by atoms with Crippen LogP contribution >= 0.6 is 0 Å². The minimum absolute atomic E-state index is 0.0378. The molecule has 1 fully saturated rings. The molecule has 5 heteroatoms. The van der Waals surface area contributed by atoms with Crippen LogP contribution in [0.4, 0.5) is 10.5 Å². The summed E-state index contributed by atoms with van der Waals surface area (Å²) in [7, 11) is 0. The third-order valence-corrected chi connectivity index (χ3v) is 3.47. The van der Waals surface area contributed by atoms with Gasteiger partial charge < -0.3 is 21.1 Å². The van der Waals surface area contributed by atoms with Crippen LogP contribution in [0.15, 0.2) is 24.3 Å². The summed E-state index contributed by atoms with van der Waals surface area (Å²) in [6.07, 6.45) is 0.840. The van der Waals surface area contributed by atoms with Gasteiger partial charge in [0, 0.05) is 18.8 Å². The summed E-state index contributed by atoms with van der Waals surface area (Å²) >= 11 is 0. The van der Waals surface area contributed by atoms with Gasteiger partial charge in [0.05, 0.1) is 11.6 Å². The molecule has 0 saturated carbocycles. The molecule has 2 amide bonds. The normalized spacial score (nSPS) is 21.1. The Morgan fingerprint density at radius 1 is 1.42 bits per heavy atom. The molecule has 0 spiro atoms. The topological polar surface area (TPSA) is 76.4 Å². The summed E-state index contributed by atoms with van der Waals surface area (Å²) in [5.41, 5.74) is 7.02. The van der Waals surface area contributed by atoms with Crippen molar-refractivity contribution in [2.24, 2.45) is 5.73 Å². The van der Waals surface area contributed by atoms with E-state index in [1.165, 1.54) is 0 Å². The Hall–Kier alpha value is -1.59. The molecule has 1 unspecified atom stereocenters. The van der Waals surface area contributed by atoms with E-state index in [9.17, 15) is 4.79 Å². The van der Waals surface area contributed by atoms with Gasteiger partial charge in [-0.2, -0.15) is 0 Å². The van der Waals surface area contributed by atoms with Gasteiger partial charge in [0.15, 0.2) is 0 Å². The number of urea groups is 1. The lowest BCUT2D eigenvalue weighted by molar-refractivity contribution is 0.0238. The lowest BCUT2D eigenvalue weighted by atomic mass is 9.99. The van der Waals surface area contributed by atoms with Gasteiger partial charge in [0.25, 0.3) is 0 Å². The molecule has 5 nitrogen and oxygen atoms in total. The molecule has 0 aliphatic carbocycles. The van der Waals surface area contributed by atoms with Crippen molar-refractivity contribution < 1.29 is 9.53 Å². The quantitative estimate of drug-likeness (QED) is 0.778. The Balaban J connectivity index is 1.90. The zero-order valence-corrected chi connectivity index (χ0v) is 11.4. The van der Waals surface area contributed by atoms with E-state index in [1.54, 1.807) is 0 Å². The maximum absolute atomic E-state index is 11.9. The third-order valence-electron chi connectivity index (χ3n) is 3.47.